The van der Waals surface area contributed by atoms with Gasteiger partial charge in [-0.3, -0.25) is 9.59 Å². The largest absolute Gasteiger partial charge is 0.326 e. The molecule has 26 heavy (non-hydrogen) atoms. The van der Waals surface area contributed by atoms with E-state index in [0.717, 1.165) is 16.8 Å². The molecule has 0 spiro atoms. The molecule has 2 aromatic rings. The fraction of sp³-hybridized carbons (Fsp3) is 0.333. The molecular formula is C21H23ClN2O2. The van der Waals surface area contributed by atoms with Crippen molar-refractivity contribution in [3.05, 3.63) is 58.6 Å². The molecule has 5 heteroatoms. The van der Waals surface area contributed by atoms with Crippen LogP contribution >= 0.6 is 11.6 Å². The minimum Gasteiger partial charge on any atom is -0.326 e. The summed E-state index contributed by atoms with van der Waals surface area (Å²) < 4.78 is 0. The Morgan fingerprint density at radius 2 is 1.62 bits per heavy atom. The van der Waals surface area contributed by atoms with E-state index in [1.165, 1.54) is 0 Å². The molecule has 2 aromatic carbocycles. The van der Waals surface area contributed by atoms with Gasteiger partial charge < -0.3 is 10.6 Å². The first kappa shape index (κ1) is 18.5. The van der Waals surface area contributed by atoms with Crippen molar-refractivity contribution in [1.29, 1.82) is 0 Å². The molecule has 3 rings (SSSR count). The summed E-state index contributed by atoms with van der Waals surface area (Å²) in [5.41, 5.74) is 3.70. The van der Waals surface area contributed by atoms with E-state index < -0.39 is 0 Å². The zero-order valence-corrected chi connectivity index (χ0v) is 15.9. The number of carbonyl (C=O) groups is 2. The molecule has 0 heterocycles. The number of anilines is 2. The van der Waals surface area contributed by atoms with Crippen LogP contribution in [0.15, 0.2) is 42.5 Å². The smallest absolute Gasteiger partial charge is 0.228 e. The van der Waals surface area contributed by atoms with E-state index in [2.05, 4.69) is 24.5 Å². The maximum absolute atomic E-state index is 12.6. The minimum atomic E-state index is -0.280. The van der Waals surface area contributed by atoms with Crippen LogP contribution in [0.4, 0.5) is 11.4 Å². The van der Waals surface area contributed by atoms with Crippen LogP contribution in [0.3, 0.4) is 0 Å². The van der Waals surface area contributed by atoms with Gasteiger partial charge in [-0.1, -0.05) is 43.6 Å². The van der Waals surface area contributed by atoms with Gasteiger partial charge in [-0.15, -0.1) is 0 Å². The Labute approximate surface area is 158 Å². The van der Waals surface area contributed by atoms with Crippen LogP contribution in [0, 0.1) is 18.8 Å². The highest BCUT2D eigenvalue weighted by Gasteiger charge is 2.48. The second kappa shape index (κ2) is 7.50. The highest BCUT2D eigenvalue weighted by Crippen LogP contribution is 2.41. The highest BCUT2D eigenvalue weighted by molar-refractivity contribution is 6.30. The average Bonchev–Trinajstić information content (AvgIpc) is 3.39. The molecule has 1 saturated carbocycles. The molecule has 2 amide bonds. The van der Waals surface area contributed by atoms with Crippen molar-refractivity contribution in [2.75, 3.05) is 10.6 Å². The van der Waals surface area contributed by atoms with Crippen molar-refractivity contribution in [2.45, 2.75) is 33.1 Å². The normalized spacial score (nSPS) is 18.5. The van der Waals surface area contributed by atoms with Gasteiger partial charge in [0.25, 0.3) is 0 Å². The summed E-state index contributed by atoms with van der Waals surface area (Å²) in [7, 11) is 0. The molecule has 0 radical (unpaired) electrons. The van der Waals surface area contributed by atoms with Gasteiger partial charge in [-0.05, 0) is 54.7 Å². The van der Waals surface area contributed by atoms with Crippen LogP contribution in [-0.2, 0) is 9.59 Å². The van der Waals surface area contributed by atoms with Crippen molar-refractivity contribution in [2.24, 2.45) is 11.8 Å². The lowest BCUT2D eigenvalue weighted by Crippen LogP contribution is -2.21. The number of aryl methyl sites for hydroxylation is 1. The van der Waals surface area contributed by atoms with Gasteiger partial charge in [0.1, 0.15) is 0 Å². The first-order chi connectivity index (χ1) is 12.4. The number of carbonyl (C=O) groups excluding carboxylic acids is 2. The van der Waals surface area contributed by atoms with Crippen LogP contribution in [0.1, 0.15) is 37.3 Å². The molecular weight excluding hydrogens is 348 g/mol. The lowest BCUT2D eigenvalue weighted by Gasteiger charge is -2.16. The molecule has 136 valence electrons. The number of benzene rings is 2. The molecule has 1 aliphatic rings. The Hall–Kier alpha value is -2.33. The molecule has 1 aliphatic carbocycles. The molecule has 2 N–H and O–H groups in total. The maximum Gasteiger partial charge on any atom is 0.228 e. The standard InChI is InChI=1S/C21H23ClN2O2/c1-12(2)16-6-4-5-13(3)19(16)24-21(26)18-11-17(18)20(25)23-15-9-7-14(22)8-10-15/h4-10,12,17-18H,11H2,1-3H3,(H,23,25)(H,24,26). The van der Waals surface area contributed by atoms with E-state index in [-0.39, 0.29) is 23.7 Å². The molecule has 0 saturated heterocycles. The number of hydrogen-bond donors (Lipinski definition) is 2. The highest BCUT2D eigenvalue weighted by atomic mass is 35.5. The van der Waals surface area contributed by atoms with Crippen molar-refractivity contribution >= 4 is 34.8 Å². The third kappa shape index (κ3) is 4.07. The quantitative estimate of drug-likeness (QED) is 0.779. The minimum absolute atomic E-state index is 0.0857. The number of hydrogen-bond acceptors (Lipinski definition) is 2. The van der Waals surface area contributed by atoms with Crippen molar-refractivity contribution in [3.63, 3.8) is 0 Å². The first-order valence-electron chi connectivity index (χ1n) is 8.83. The predicted octanol–water partition coefficient (Wildman–Crippen LogP) is 4.99. The second-order valence-electron chi connectivity index (χ2n) is 7.13. The predicted molar refractivity (Wildman–Crippen MR) is 106 cm³/mol. The fourth-order valence-electron chi connectivity index (χ4n) is 3.10. The molecule has 1 fully saturated rings. The molecule has 2 unspecified atom stereocenters. The first-order valence-corrected chi connectivity index (χ1v) is 9.21. The van der Waals surface area contributed by atoms with Gasteiger partial charge >= 0.3 is 0 Å². The molecule has 0 aromatic heterocycles. The van der Waals surface area contributed by atoms with Crippen LogP contribution in [-0.4, -0.2) is 11.8 Å². The number of nitrogens with one attached hydrogen (secondary N) is 2. The van der Waals surface area contributed by atoms with Crippen LogP contribution in [0.2, 0.25) is 5.02 Å². The Morgan fingerprint density at radius 3 is 2.23 bits per heavy atom. The van der Waals surface area contributed by atoms with Gasteiger partial charge in [0, 0.05) is 16.4 Å². The molecule has 0 bridgehead atoms. The van der Waals surface area contributed by atoms with Gasteiger partial charge in [0.05, 0.1) is 11.8 Å². The van der Waals surface area contributed by atoms with E-state index in [4.69, 9.17) is 11.6 Å². The van der Waals surface area contributed by atoms with Crippen LogP contribution in [0.5, 0.6) is 0 Å². The third-order valence-electron chi connectivity index (χ3n) is 4.75. The van der Waals surface area contributed by atoms with E-state index in [0.29, 0.717) is 23.0 Å². The van der Waals surface area contributed by atoms with Crippen LogP contribution in [0.25, 0.3) is 0 Å². The summed E-state index contributed by atoms with van der Waals surface area (Å²) in [6, 6.07) is 13.0. The van der Waals surface area contributed by atoms with E-state index >= 15 is 0 Å². The van der Waals surface area contributed by atoms with Gasteiger partial charge in [0.15, 0.2) is 0 Å². The molecule has 4 nitrogen and oxygen atoms in total. The third-order valence-corrected chi connectivity index (χ3v) is 5.00. The van der Waals surface area contributed by atoms with E-state index in [1.807, 2.05) is 25.1 Å². The van der Waals surface area contributed by atoms with E-state index in [1.54, 1.807) is 24.3 Å². The summed E-state index contributed by atoms with van der Waals surface area (Å²) >= 11 is 5.85. The van der Waals surface area contributed by atoms with Crippen molar-refractivity contribution in [3.8, 4) is 0 Å². The van der Waals surface area contributed by atoms with Crippen molar-refractivity contribution in [1.82, 2.24) is 0 Å². The lowest BCUT2D eigenvalue weighted by atomic mass is 9.98. The topological polar surface area (TPSA) is 58.2 Å². The van der Waals surface area contributed by atoms with Crippen molar-refractivity contribution < 1.29 is 9.59 Å². The Morgan fingerprint density at radius 1 is 1.00 bits per heavy atom. The van der Waals surface area contributed by atoms with Gasteiger partial charge in [-0.2, -0.15) is 0 Å². The molecule has 2 atom stereocenters. The SMILES string of the molecule is Cc1cccc(C(C)C)c1NC(=O)C1CC1C(=O)Nc1ccc(Cl)cc1. The average molecular weight is 371 g/mol. The van der Waals surface area contributed by atoms with Crippen LogP contribution < -0.4 is 10.6 Å². The summed E-state index contributed by atoms with van der Waals surface area (Å²) in [4.78, 5) is 25.0. The Bertz CT molecular complexity index is 830. The summed E-state index contributed by atoms with van der Waals surface area (Å²) in [5.74, 6) is -0.452. The number of para-hydroxylation sites is 1. The number of amides is 2. The number of rotatable bonds is 5. The zero-order chi connectivity index (χ0) is 18.8. The second-order valence-corrected chi connectivity index (χ2v) is 7.56. The summed E-state index contributed by atoms with van der Waals surface area (Å²) in [6.07, 6.45) is 0.578. The maximum atomic E-state index is 12.6. The fourth-order valence-corrected chi connectivity index (χ4v) is 3.23. The van der Waals surface area contributed by atoms with E-state index in [9.17, 15) is 9.59 Å². The Balaban J connectivity index is 1.63. The summed E-state index contributed by atoms with van der Waals surface area (Å²) in [5, 5.41) is 6.50. The summed E-state index contributed by atoms with van der Waals surface area (Å²) in [6.45, 7) is 6.19. The monoisotopic (exact) mass is 370 g/mol. The molecule has 0 aliphatic heterocycles. The lowest BCUT2D eigenvalue weighted by molar-refractivity contribution is -0.122. The van der Waals surface area contributed by atoms with Gasteiger partial charge in [-0.25, -0.2) is 0 Å². The zero-order valence-electron chi connectivity index (χ0n) is 15.2. The number of halogens is 1. The Kier molecular flexibility index (Phi) is 5.33. The van der Waals surface area contributed by atoms with Gasteiger partial charge in [0.2, 0.25) is 11.8 Å².